The van der Waals surface area contributed by atoms with Gasteiger partial charge in [-0.1, -0.05) is 109 Å². The molecule has 0 radical (unpaired) electrons. The van der Waals surface area contributed by atoms with Crippen LogP contribution in [0.4, 0.5) is 5.69 Å². The number of methoxy groups -OCH3 is 7. The number of ether oxygens (including phenoxy) is 8. The standard InChI is InChI=1S/C34H34ClN3O8.C6H8ClNO.C6H12O2.4C2H6/c1-40-26-12-8-20(6-7-21-15-30(42-3)32(44-5)31(16-21)43-4)14-29(26)46-36-19-45-27-13-9-22(17-28(27)41-2)33-37-25-11-10-23(35)18-24(25)34(39)38-33;1-4(6(8)9)3-5(2)7;1-4-6(8-3)5-7-2;4*1-2/h6-18,33,36-37H,19H2,1-5H3,(H,38,39);3H,1H2,2H3,(H2,8,9);4H,5H2,1-3H3;4*1-2H3/b7-6-;5-3+;6-4+;;;;. The van der Waals surface area contributed by atoms with Crippen LogP contribution in [0.15, 0.2) is 102 Å². The summed E-state index contributed by atoms with van der Waals surface area (Å²) < 4.78 is 42.9. The van der Waals surface area contributed by atoms with Gasteiger partial charge in [0.2, 0.25) is 11.7 Å². The molecule has 1 aliphatic heterocycles. The lowest BCUT2D eigenvalue weighted by Crippen LogP contribution is -2.38. The minimum absolute atomic E-state index is 0.00306. The Labute approximate surface area is 433 Å². The largest absolute Gasteiger partial charge is 0.499 e. The summed E-state index contributed by atoms with van der Waals surface area (Å²) in [6.45, 7) is 23.5. The Morgan fingerprint density at radius 1 is 0.718 bits per heavy atom. The fourth-order valence-corrected chi connectivity index (χ4v) is 5.88. The van der Waals surface area contributed by atoms with Gasteiger partial charge in [0, 0.05) is 28.4 Å². The van der Waals surface area contributed by atoms with E-state index in [2.05, 4.69) is 22.7 Å². The zero-order valence-electron chi connectivity index (χ0n) is 44.7. The van der Waals surface area contributed by atoms with Crippen LogP contribution in [-0.2, 0) is 14.3 Å². The number of carbonyl (C=O) groups excluding carboxylic acids is 2. The van der Waals surface area contributed by atoms with E-state index < -0.39 is 12.1 Å². The van der Waals surface area contributed by atoms with Crippen molar-refractivity contribution in [2.75, 3.05) is 68.4 Å². The Kier molecular flexibility index (Phi) is 36.8. The summed E-state index contributed by atoms with van der Waals surface area (Å²) >= 11 is 11.5. The van der Waals surface area contributed by atoms with E-state index in [1.807, 2.05) is 111 Å². The monoisotopic (exact) mass is 1030 g/mol. The number of amides is 2. The molecule has 4 aromatic carbocycles. The molecular weight excluding hydrogens is 952 g/mol. The van der Waals surface area contributed by atoms with E-state index in [0.717, 1.165) is 22.4 Å². The Morgan fingerprint density at radius 2 is 1.28 bits per heavy atom. The summed E-state index contributed by atoms with van der Waals surface area (Å²) in [6.07, 6.45) is 6.68. The number of rotatable bonds is 18. The van der Waals surface area contributed by atoms with Crippen molar-refractivity contribution in [1.29, 1.82) is 0 Å². The van der Waals surface area contributed by atoms with E-state index in [9.17, 15) is 9.59 Å². The number of anilines is 1. The maximum Gasteiger partial charge on any atom is 0.255 e. The SMILES string of the molecule is C/C=C(\COC)OC.C=C(/C=C(\C)Cl)C(N)=O.CC.CC.CC.CC.COc1cc(C2NC(=O)c3cc(Cl)ccc3N2)ccc1OCNOc1cc(/C=C\c2cc(OC)c(OC)c(OC)c2)ccc1OC. The van der Waals surface area contributed by atoms with Crippen LogP contribution in [0.5, 0.6) is 40.2 Å². The molecule has 1 atom stereocenters. The second kappa shape index (κ2) is 39.2. The van der Waals surface area contributed by atoms with Gasteiger partial charge in [-0.15, -0.1) is 5.48 Å². The zero-order chi connectivity index (χ0) is 54.5. The fraction of sp³-hybridized carbons (Fsp3) is 0.370. The highest BCUT2D eigenvalue weighted by Gasteiger charge is 2.25. The van der Waals surface area contributed by atoms with Gasteiger partial charge < -0.3 is 59.1 Å². The number of nitrogens with one attached hydrogen (secondary N) is 3. The molecule has 1 aliphatic rings. The number of nitrogens with two attached hydrogens (primary N) is 1. The molecule has 17 heteroatoms. The fourth-order valence-electron chi connectivity index (χ4n) is 5.58. The smallest absolute Gasteiger partial charge is 0.255 e. The molecule has 71 heavy (non-hydrogen) atoms. The molecule has 1 heterocycles. The van der Waals surface area contributed by atoms with Gasteiger partial charge in [-0.3, -0.25) is 9.59 Å². The summed E-state index contributed by atoms with van der Waals surface area (Å²) in [5.74, 6) is 3.69. The van der Waals surface area contributed by atoms with Crippen molar-refractivity contribution in [3.8, 4) is 40.2 Å². The molecule has 0 saturated carbocycles. The van der Waals surface area contributed by atoms with Gasteiger partial charge >= 0.3 is 0 Å². The lowest BCUT2D eigenvalue weighted by Gasteiger charge is -2.28. The minimum Gasteiger partial charge on any atom is -0.499 e. The lowest BCUT2D eigenvalue weighted by molar-refractivity contribution is -0.114. The summed E-state index contributed by atoms with van der Waals surface area (Å²) in [5.41, 5.74) is 11.5. The Balaban J connectivity index is 0. The number of fused-ring (bicyclic) bond motifs is 1. The minimum atomic E-state index is -0.546. The van der Waals surface area contributed by atoms with E-state index in [1.54, 1.807) is 93.1 Å². The summed E-state index contributed by atoms with van der Waals surface area (Å²) in [5, 5.41) is 7.23. The maximum absolute atomic E-state index is 12.7. The Bertz CT molecular complexity index is 2260. The summed E-state index contributed by atoms with van der Waals surface area (Å²) in [4.78, 5) is 28.7. The third-order valence-corrected chi connectivity index (χ3v) is 9.04. The van der Waals surface area contributed by atoms with Crippen LogP contribution < -0.4 is 55.1 Å². The van der Waals surface area contributed by atoms with E-state index in [1.165, 1.54) is 6.08 Å². The van der Waals surface area contributed by atoms with E-state index in [4.69, 9.17) is 71.7 Å². The van der Waals surface area contributed by atoms with Gasteiger partial charge in [-0.25, -0.2) is 0 Å². The van der Waals surface area contributed by atoms with Crippen molar-refractivity contribution in [2.24, 2.45) is 5.73 Å². The van der Waals surface area contributed by atoms with Crippen LogP contribution in [0, 0.1) is 0 Å². The predicted octanol–water partition coefficient (Wildman–Crippen LogP) is 12.8. The predicted molar refractivity (Wildman–Crippen MR) is 292 cm³/mol. The van der Waals surface area contributed by atoms with Gasteiger partial charge in [0.25, 0.3) is 5.91 Å². The molecule has 0 aromatic heterocycles. The summed E-state index contributed by atoms with van der Waals surface area (Å²) in [7, 11) is 11.1. The van der Waals surface area contributed by atoms with Crippen LogP contribution in [0.25, 0.3) is 12.2 Å². The van der Waals surface area contributed by atoms with E-state index in [-0.39, 0.29) is 18.2 Å². The molecule has 15 nitrogen and oxygen atoms in total. The van der Waals surface area contributed by atoms with Gasteiger partial charge in [0.05, 0.1) is 48.2 Å². The molecule has 0 fully saturated rings. The zero-order valence-corrected chi connectivity index (χ0v) is 46.2. The molecule has 4 aromatic rings. The second-order valence-corrected chi connectivity index (χ2v) is 13.9. The maximum atomic E-state index is 12.7. The van der Waals surface area contributed by atoms with E-state index >= 15 is 0 Å². The van der Waals surface area contributed by atoms with Crippen LogP contribution in [0.3, 0.4) is 0 Å². The average Bonchev–Trinajstić information content (AvgIpc) is 3.40. The molecule has 0 spiro atoms. The highest BCUT2D eigenvalue weighted by Crippen LogP contribution is 2.39. The molecule has 1 unspecified atom stereocenters. The van der Waals surface area contributed by atoms with Crippen molar-refractivity contribution < 1.29 is 52.3 Å². The first-order valence-corrected chi connectivity index (χ1v) is 23.8. The second-order valence-electron chi connectivity index (χ2n) is 12.9. The number of halogens is 2. The molecule has 5 rings (SSSR count). The summed E-state index contributed by atoms with van der Waals surface area (Å²) in [6, 6.07) is 19.8. The number of allylic oxidation sites excluding steroid dienone is 2. The highest BCUT2D eigenvalue weighted by atomic mass is 35.5. The molecule has 394 valence electrons. The molecule has 0 aliphatic carbocycles. The first kappa shape index (κ1) is 66.6. The third-order valence-electron chi connectivity index (χ3n) is 8.69. The van der Waals surface area contributed by atoms with Crippen LogP contribution in [0.2, 0.25) is 5.02 Å². The number of hydrogen-bond acceptors (Lipinski definition) is 13. The molecule has 2 amide bonds. The quantitative estimate of drug-likeness (QED) is 0.0141. The Hall–Kier alpha value is -6.52. The van der Waals surface area contributed by atoms with Gasteiger partial charge in [-0.2, -0.15) is 0 Å². The van der Waals surface area contributed by atoms with E-state index in [0.29, 0.717) is 68.2 Å². The number of benzene rings is 4. The van der Waals surface area contributed by atoms with Crippen molar-refractivity contribution in [1.82, 2.24) is 10.8 Å². The van der Waals surface area contributed by atoms with Gasteiger partial charge in [0.1, 0.15) is 18.5 Å². The lowest BCUT2D eigenvalue weighted by atomic mass is 10.1. The van der Waals surface area contributed by atoms with Gasteiger partial charge in [0.15, 0.2) is 41.2 Å². The highest BCUT2D eigenvalue weighted by molar-refractivity contribution is 6.31. The normalized spacial score (nSPS) is 11.9. The van der Waals surface area contributed by atoms with Crippen LogP contribution in [-0.4, -0.2) is 74.9 Å². The number of carbonyl (C=O) groups is 2. The number of hydrogen-bond donors (Lipinski definition) is 4. The molecular formula is C54H78Cl2N4O11. The van der Waals surface area contributed by atoms with Crippen LogP contribution in [0.1, 0.15) is 102 Å². The number of primary amides is 1. The van der Waals surface area contributed by atoms with Crippen molar-refractivity contribution in [3.63, 3.8) is 0 Å². The topological polar surface area (TPSA) is 179 Å². The first-order valence-electron chi connectivity index (χ1n) is 23.0. The van der Waals surface area contributed by atoms with Crippen LogP contribution >= 0.6 is 23.2 Å². The van der Waals surface area contributed by atoms with Crippen molar-refractivity contribution in [2.45, 2.75) is 75.4 Å². The first-order chi connectivity index (χ1) is 34.2. The van der Waals surface area contributed by atoms with Gasteiger partial charge in [-0.05, 0) is 97.3 Å². The van der Waals surface area contributed by atoms with Crippen molar-refractivity contribution >= 4 is 52.9 Å². The number of hydroxylamine groups is 1. The third kappa shape index (κ3) is 23.3. The van der Waals surface area contributed by atoms with Crippen molar-refractivity contribution in [3.05, 3.63) is 129 Å². The Morgan fingerprint density at radius 3 is 1.76 bits per heavy atom. The average molecular weight is 1030 g/mol. The molecule has 0 bridgehead atoms. The molecule has 0 saturated heterocycles. The molecule has 5 N–H and O–H groups in total.